The van der Waals surface area contributed by atoms with E-state index >= 15 is 0 Å². The number of carbonyl (C=O) groups excluding carboxylic acids is 1. The van der Waals surface area contributed by atoms with Crippen LogP contribution in [0.4, 0.5) is 4.39 Å². The van der Waals surface area contributed by atoms with Crippen LogP contribution in [0.25, 0.3) is 0 Å². The number of β-amino-alcohol motifs (C(OH)–C–C–N with tert-alkyl or cyclic N) is 1. The number of hydrogen-bond acceptors (Lipinski definition) is 4. The summed E-state index contributed by atoms with van der Waals surface area (Å²) in [5.41, 5.74) is -0.891. The number of halogens is 1. The van der Waals surface area contributed by atoms with Crippen molar-refractivity contribution in [2.24, 2.45) is 0 Å². The molecular formula is C15H21FN2O3. The van der Waals surface area contributed by atoms with E-state index in [0.29, 0.717) is 25.9 Å². The van der Waals surface area contributed by atoms with Crippen LogP contribution < -0.4 is 0 Å². The molecule has 1 saturated heterocycles. The van der Waals surface area contributed by atoms with Crippen molar-refractivity contribution in [2.45, 2.75) is 18.4 Å². The maximum absolute atomic E-state index is 13.0. The summed E-state index contributed by atoms with van der Waals surface area (Å²) in [6.07, 6.45) is 1.32. The lowest BCUT2D eigenvalue weighted by atomic mass is 9.92. The topological polar surface area (TPSA) is 64.0 Å². The Kier molecular flexibility index (Phi) is 4.49. The van der Waals surface area contributed by atoms with E-state index in [1.165, 1.54) is 11.0 Å². The van der Waals surface area contributed by atoms with E-state index in [-0.39, 0.29) is 23.8 Å². The lowest BCUT2D eigenvalue weighted by molar-refractivity contribution is -0.0392. The van der Waals surface area contributed by atoms with Gasteiger partial charge in [-0.3, -0.25) is 4.79 Å². The fraction of sp³-hybridized carbons (Fsp3) is 0.533. The van der Waals surface area contributed by atoms with Gasteiger partial charge in [0, 0.05) is 19.2 Å². The molecule has 6 heteroatoms. The molecule has 116 valence electrons. The molecule has 1 aromatic rings. The van der Waals surface area contributed by atoms with Gasteiger partial charge in [-0.2, -0.15) is 0 Å². The van der Waals surface area contributed by atoms with Gasteiger partial charge in [-0.1, -0.05) is 0 Å². The predicted octanol–water partition coefficient (Wildman–Crippen LogP) is 1.06. The fourth-order valence-electron chi connectivity index (χ4n) is 2.86. The minimum Gasteiger partial charge on any atom is -0.507 e. The van der Waals surface area contributed by atoms with Gasteiger partial charge in [0.2, 0.25) is 0 Å². The first kappa shape index (κ1) is 15.7. The Morgan fingerprint density at radius 1 is 1.48 bits per heavy atom. The summed E-state index contributed by atoms with van der Waals surface area (Å²) in [7, 11) is 3.73. The highest BCUT2D eigenvalue weighted by Gasteiger charge is 2.36. The molecule has 2 rings (SSSR count). The molecule has 1 heterocycles. The zero-order chi connectivity index (χ0) is 15.6. The van der Waals surface area contributed by atoms with Gasteiger partial charge in [-0.05, 0) is 39.1 Å². The second-order valence-corrected chi connectivity index (χ2v) is 5.95. The predicted molar refractivity (Wildman–Crippen MR) is 76.7 cm³/mol. The minimum absolute atomic E-state index is 0.0607. The van der Waals surface area contributed by atoms with Gasteiger partial charge in [0.05, 0.1) is 17.7 Å². The van der Waals surface area contributed by atoms with E-state index in [0.717, 1.165) is 12.1 Å². The number of nitrogens with zero attached hydrogens (tertiary/aromatic N) is 2. The Morgan fingerprint density at radius 3 is 2.81 bits per heavy atom. The van der Waals surface area contributed by atoms with Gasteiger partial charge in [-0.25, -0.2) is 4.39 Å². The van der Waals surface area contributed by atoms with Crippen LogP contribution in [0.1, 0.15) is 23.2 Å². The number of carbonyl (C=O) groups is 1. The lowest BCUT2D eigenvalue weighted by Crippen LogP contribution is -2.54. The molecule has 1 aliphatic heterocycles. The second-order valence-electron chi connectivity index (χ2n) is 5.95. The first-order valence-electron chi connectivity index (χ1n) is 6.96. The maximum Gasteiger partial charge on any atom is 0.257 e. The maximum atomic E-state index is 13.0. The normalized spacial score (nSPS) is 22.6. The Labute approximate surface area is 123 Å². The lowest BCUT2D eigenvalue weighted by Gasteiger charge is -2.40. The van der Waals surface area contributed by atoms with Crippen molar-refractivity contribution < 1.29 is 19.4 Å². The number of phenols is 1. The van der Waals surface area contributed by atoms with Crippen molar-refractivity contribution in [1.82, 2.24) is 9.80 Å². The first-order chi connectivity index (χ1) is 9.81. The molecule has 0 saturated carbocycles. The third kappa shape index (κ3) is 3.71. The summed E-state index contributed by atoms with van der Waals surface area (Å²) in [5.74, 6) is -1.35. The molecule has 0 bridgehead atoms. The first-order valence-corrected chi connectivity index (χ1v) is 6.96. The highest BCUT2D eigenvalue weighted by atomic mass is 19.1. The zero-order valence-electron chi connectivity index (χ0n) is 12.3. The Balaban J connectivity index is 2.15. The number of phenolic OH excluding ortho intramolecular Hbond substituents is 1. The minimum atomic E-state index is -0.951. The number of likely N-dealkylation sites (N-methyl/N-ethyl adjacent to an activating group) is 1. The van der Waals surface area contributed by atoms with Gasteiger partial charge in [0.1, 0.15) is 11.6 Å². The van der Waals surface area contributed by atoms with E-state index < -0.39 is 11.4 Å². The van der Waals surface area contributed by atoms with Crippen LogP contribution in [0, 0.1) is 5.82 Å². The van der Waals surface area contributed by atoms with E-state index in [1.807, 2.05) is 19.0 Å². The van der Waals surface area contributed by atoms with E-state index in [1.54, 1.807) is 0 Å². The second kappa shape index (κ2) is 5.99. The molecule has 1 aliphatic rings. The van der Waals surface area contributed by atoms with Crippen molar-refractivity contribution in [3.8, 4) is 5.75 Å². The monoisotopic (exact) mass is 296 g/mol. The molecular weight excluding hydrogens is 275 g/mol. The molecule has 2 N–H and O–H groups in total. The molecule has 1 aromatic carbocycles. The molecule has 1 amide bonds. The van der Waals surface area contributed by atoms with Crippen LogP contribution in [0.15, 0.2) is 18.2 Å². The summed E-state index contributed by atoms with van der Waals surface area (Å²) in [4.78, 5) is 15.8. The number of aliphatic hydroxyl groups is 1. The molecule has 5 nitrogen and oxygen atoms in total. The molecule has 1 fully saturated rings. The van der Waals surface area contributed by atoms with Gasteiger partial charge >= 0.3 is 0 Å². The third-order valence-electron chi connectivity index (χ3n) is 3.64. The molecule has 0 spiro atoms. The summed E-state index contributed by atoms with van der Waals surface area (Å²) < 4.78 is 13.0. The SMILES string of the molecule is CN(C)C[C@@]1(O)CCCN(C(=O)c2ccc(F)cc2O)C1. The number of benzene rings is 1. The molecule has 1 atom stereocenters. The van der Waals surface area contributed by atoms with Crippen LogP contribution in [-0.2, 0) is 0 Å². The highest BCUT2D eigenvalue weighted by Crippen LogP contribution is 2.26. The number of rotatable bonds is 3. The van der Waals surface area contributed by atoms with Crippen molar-refractivity contribution in [2.75, 3.05) is 33.7 Å². The Morgan fingerprint density at radius 2 is 2.19 bits per heavy atom. The number of aromatic hydroxyl groups is 1. The number of piperidine rings is 1. The van der Waals surface area contributed by atoms with Gasteiger partial charge in [0.15, 0.2) is 0 Å². The summed E-state index contributed by atoms with van der Waals surface area (Å²) in [6, 6.07) is 3.33. The average Bonchev–Trinajstić information content (AvgIpc) is 2.36. The molecule has 21 heavy (non-hydrogen) atoms. The van der Waals surface area contributed by atoms with E-state index in [4.69, 9.17) is 0 Å². The Bertz CT molecular complexity index is 536. The largest absolute Gasteiger partial charge is 0.507 e. The number of amides is 1. The smallest absolute Gasteiger partial charge is 0.257 e. The van der Waals surface area contributed by atoms with Crippen LogP contribution in [0.5, 0.6) is 5.75 Å². The molecule has 0 aromatic heterocycles. The van der Waals surface area contributed by atoms with Crippen molar-refractivity contribution in [1.29, 1.82) is 0 Å². The zero-order valence-corrected chi connectivity index (χ0v) is 12.3. The molecule has 0 radical (unpaired) electrons. The van der Waals surface area contributed by atoms with Crippen LogP contribution in [-0.4, -0.2) is 65.3 Å². The van der Waals surface area contributed by atoms with Crippen LogP contribution >= 0.6 is 0 Å². The van der Waals surface area contributed by atoms with Crippen molar-refractivity contribution >= 4 is 5.91 Å². The van der Waals surface area contributed by atoms with E-state index in [9.17, 15) is 19.4 Å². The molecule has 0 unspecified atom stereocenters. The molecule has 0 aliphatic carbocycles. The van der Waals surface area contributed by atoms with Gasteiger partial charge in [0.25, 0.3) is 5.91 Å². The average molecular weight is 296 g/mol. The number of hydrogen-bond donors (Lipinski definition) is 2. The highest BCUT2D eigenvalue weighted by molar-refractivity contribution is 5.96. The van der Waals surface area contributed by atoms with Crippen LogP contribution in [0.3, 0.4) is 0 Å². The standard InChI is InChI=1S/C15H21FN2O3/c1-17(2)9-15(21)6-3-7-18(10-15)14(20)12-5-4-11(16)8-13(12)19/h4-5,8,19,21H,3,6-7,9-10H2,1-2H3/t15-/m0/s1. The van der Waals surface area contributed by atoms with E-state index in [2.05, 4.69) is 0 Å². The summed E-state index contributed by atoms with van der Waals surface area (Å²) >= 11 is 0. The number of likely N-dealkylation sites (tertiary alicyclic amines) is 1. The fourth-order valence-corrected chi connectivity index (χ4v) is 2.86. The van der Waals surface area contributed by atoms with Crippen LogP contribution in [0.2, 0.25) is 0 Å². The van der Waals surface area contributed by atoms with Gasteiger partial charge in [-0.15, -0.1) is 0 Å². The third-order valence-corrected chi connectivity index (χ3v) is 3.64. The Hall–Kier alpha value is -1.66. The quantitative estimate of drug-likeness (QED) is 0.875. The van der Waals surface area contributed by atoms with Gasteiger partial charge < -0.3 is 20.0 Å². The summed E-state index contributed by atoms with van der Waals surface area (Å²) in [6.45, 7) is 1.19. The van der Waals surface area contributed by atoms with Crippen molar-refractivity contribution in [3.05, 3.63) is 29.6 Å². The van der Waals surface area contributed by atoms with Crippen molar-refractivity contribution in [3.63, 3.8) is 0 Å². The summed E-state index contributed by atoms with van der Waals surface area (Å²) in [5, 5.41) is 20.3.